The van der Waals surface area contributed by atoms with E-state index >= 15 is 0 Å². The van der Waals surface area contributed by atoms with Gasteiger partial charge in [0.1, 0.15) is 5.52 Å². The summed E-state index contributed by atoms with van der Waals surface area (Å²) in [6, 6.07) is 5.91. The molecule has 17 heavy (non-hydrogen) atoms. The van der Waals surface area contributed by atoms with Gasteiger partial charge < -0.3 is 14.8 Å². The fourth-order valence-corrected chi connectivity index (χ4v) is 2.01. The predicted molar refractivity (Wildman–Crippen MR) is 66.0 cm³/mol. The molecule has 0 radical (unpaired) electrons. The zero-order valence-electron chi connectivity index (χ0n) is 9.86. The summed E-state index contributed by atoms with van der Waals surface area (Å²) in [5.41, 5.74) is 2.83. The van der Waals surface area contributed by atoms with Crippen LogP contribution in [0.4, 0.5) is 5.69 Å². The summed E-state index contributed by atoms with van der Waals surface area (Å²) in [5.74, 6) is 0.686. The van der Waals surface area contributed by atoms with Crippen molar-refractivity contribution < 1.29 is 9.52 Å². The quantitative estimate of drug-likeness (QED) is 0.849. The average molecular weight is 232 g/mol. The number of oxazole rings is 1. The maximum absolute atomic E-state index is 9.24. The van der Waals surface area contributed by atoms with Crippen LogP contribution in [0.2, 0.25) is 0 Å². The Kier molecular flexibility index (Phi) is 2.33. The fourth-order valence-electron chi connectivity index (χ4n) is 2.01. The van der Waals surface area contributed by atoms with E-state index in [1.54, 1.807) is 0 Å². The Morgan fingerprint density at radius 1 is 1.47 bits per heavy atom. The van der Waals surface area contributed by atoms with Crippen molar-refractivity contribution >= 4 is 16.8 Å². The van der Waals surface area contributed by atoms with Crippen LogP contribution in [0.3, 0.4) is 0 Å². The molecule has 1 aromatic heterocycles. The zero-order chi connectivity index (χ0) is 11.9. The summed E-state index contributed by atoms with van der Waals surface area (Å²) < 4.78 is 5.48. The van der Waals surface area contributed by atoms with Crippen molar-refractivity contribution in [3.63, 3.8) is 0 Å². The Bertz CT molecular complexity index is 543. The minimum atomic E-state index is 0.117. The summed E-state index contributed by atoms with van der Waals surface area (Å²) in [4.78, 5) is 4.26. The predicted octanol–water partition coefficient (Wildman–Crippen LogP) is 2.32. The van der Waals surface area contributed by atoms with Crippen LogP contribution in [-0.2, 0) is 0 Å². The highest BCUT2D eigenvalue weighted by atomic mass is 16.3. The summed E-state index contributed by atoms with van der Waals surface area (Å²) in [5, 5.41) is 12.6. The Morgan fingerprint density at radius 3 is 3.00 bits per heavy atom. The third-order valence-electron chi connectivity index (χ3n) is 3.46. The monoisotopic (exact) mass is 232 g/mol. The van der Waals surface area contributed by atoms with Gasteiger partial charge >= 0.3 is 0 Å². The number of aromatic nitrogens is 1. The fraction of sp³-hybridized carbons (Fsp3) is 0.462. The number of nitrogens with one attached hydrogen (secondary N) is 1. The van der Waals surface area contributed by atoms with E-state index in [2.05, 4.69) is 10.3 Å². The second-order valence-electron chi connectivity index (χ2n) is 4.93. The molecule has 2 aromatic rings. The van der Waals surface area contributed by atoms with Crippen LogP contribution in [0.1, 0.15) is 18.7 Å². The standard InChI is InChI=1S/C13H16N2O2/c1-9-15-11-3-2-10(6-12(11)17-9)14-7-13(8-16)4-5-13/h2-3,6,14,16H,4-5,7-8H2,1H3. The topological polar surface area (TPSA) is 58.3 Å². The lowest BCUT2D eigenvalue weighted by molar-refractivity contribution is 0.220. The number of nitrogens with zero attached hydrogens (tertiary/aromatic N) is 1. The number of hydrogen-bond donors (Lipinski definition) is 2. The summed E-state index contributed by atoms with van der Waals surface area (Å²) in [6.45, 7) is 2.93. The van der Waals surface area contributed by atoms with E-state index in [0.717, 1.165) is 36.2 Å². The first-order chi connectivity index (χ1) is 8.21. The van der Waals surface area contributed by atoms with Gasteiger partial charge in [0, 0.05) is 30.6 Å². The number of aliphatic hydroxyl groups excluding tert-OH is 1. The lowest BCUT2D eigenvalue weighted by atomic mass is 10.1. The van der Waals surface area contributed by atoms with E-state index in [9.17, 15) is 5.11 Å². The van der Waals surface area contributed by atoms with E-state index < -0.39 is 0 Å². The van der Waals surface area contributed by atoms with Crippen LogP contribution in [0.15, 0.2) is 22.6 Å². The lowest BCUT2D eigenvalue weighted by Gasteiger charge is -2.13. The van der Waals surface area contributed by atoms with Crippen LogP contribution < -0.4 is 5.32 Å². The van der Waals surface area contributed by atoms with E-state index in [1.807, 2.05) is 25.1 Å². The van der Waals surface area contributed by atoms with Crippen LogP contribution in [0.25, 0.3) is 11.1 Å². The number of anilines is 1. The van der Waals surface area contributed by atoms with Gasteiger partial charge in [0.05, 0.1) is 6.61 Å². The number of aliphatic hydroxyl groups is 1. The maximum atomic E-state index is 9.24. The van der Waals surface area contributed by atoms with E-state index in [-0.39, 0.29) is 12.0 Å². The number of aryl methyl sites for hydroxylation is 1. The van der Waals surface area contributed by atoms with Gasteiger partial charge in [-0.15, -0.1) is 0 Å². The van der Waals surface area contributed by atoms with Gasteiger partial charge in [0.2, 0.25) is 0 Å². The number of benzene rings is 1. The molecule has 4 nitrogen and oxygen atoms in total. The molecule has 1 saturated carbocycles. The van der Waals surface area contributed by atoms with Crippen molar-refractivity contribution in [3.05, 3.63) is 24.1 Å². The molecule has 0 unspecified atom stereocenters. The highest BCUT2D eigenvalue weighted by Gasteiger charge is 2.41. The van der Waals surface area contributed by atoms with Crippen molar-refractivity contribution in [2.24, 2.45) is 5.41 Å². The summed E-state index contributed by atoms with van der Waals surface area (Å²) in [7, 11) is 0. The van der Waals surface area contributed by atoms with Crippen molar-refractivity contribution in [1.29, 1.82) is 0 Å². The average Bonchev–Trinajstić information content (AvgIpc) is 3.01. The SMILES string of the molecule is Cc1nc2ccc(NCC3(CO)CC3)cc2o1. The van der Waals surface area contributed by atoms with Crippen molar-refractivity contribution in [3.8, 4) is 0 Å². The molecule has 0 spiro atoms. The molecule has 2 N–H and O–H groups in total. The molecule has 0 amide bonds. The first-order valence-corrected chi connectivity index (χ1v) is 5.93. The van der Waals surface area contributed by atoms with Crippen molar-refractivity contribution in [2.45, 2.75) is 19.8 Å². The smallest absolute Gasteiger partial charge is 0.192 e. The maximum Gasteiger partial charge on any atom is 0.192 e. The van der Waals surface area contributed by atoms with Gasteiger partial charge in [-0.05, 0) is 25.0 Å². The molecular formula is C13H16N2O2. The van der Waals surface area contributed by atoms with Crippen LogP contribution in [0.5, 0.6) is 0 Å². The molecule has 1 aromatic carbocycles. The summed E-state index contributed by atoms with van der Waals surface area (Å²) in [6.07, 6.45) is 2.22. The highest BCUT2D eigenvalue weighted by Crippen LogP contribution is 2.44. The molecule has 3 rings (SSSR count). The molecule has 1 fully saturated rings. The lowest BCUT2D eigenvalue weighted by Crippen LogP contribution is -2.18. The number of rotatable bonds is 4. The third-order valence-corrected chi connectivity index (χ3v) is 3.46. The molecule has 0 atom stereocenters. The first-order valence-electron chi connectivity index (χ1n) is 5.93. The molecule has 1 aliphatic carbocycles. The number of fused-ring (bicyclic) bond motifs is 1. The normalized spacial score (nSPS) is 17.3. The molecule has 0 saturated heterocycles. The van der Waals surface area contributed by atoms with Gasteiger partial charge in [-0.3, -0.25) is 0 Å². The van der Waals surface area contributed by atoms with E-state index in [0.29, 0.717) is 5.89 Å². The van der Waals surface area contributed by atoms with Crippen LogP contribution in [-0.4, -0.2) is 23.2 Å². The third kappa shape index (κ3) is 2.00. The molecule has 4 heteroatoms. The minimum absolute atomic E-state index is 0.117. The first kappa shape index (κ1) is 10.6. The van der Waals surface area contributed by atoms with Gasteiger partial charge in [0.15, 0.2) is 11.5 Å². The molecule has 90 valence electrons. The van der Waals surface area contributed by atoms with Crippen LogP contribution >= 0.6 is 0 Å². The molecular weight excluding hydrogens is 216 g/mol. The minimum Gasteiger partial charge on any atom is -0.441 e. The van der Waals surface area contributed by atoms with Gasteiger partial charge in [-0.2, -0.15) is 0 Å². The van der Waals surface area contributed by atoms with Crippen molar-refractivity contribution in [1.82, 2.24) is 4.98 Å². The van der Waals surface area contributed by atoms with Gasteiger partial charge in [0.25, 0.3) is 0 Å². The highest BCUT2D eigenvalue weighted by molar-refractivity contribution is 5.77. The summed E-state index contributed by atoms with van der Waals surface area (Å²) >= 11 is 0. The van der Waals surface area contributed by atoms with Crippen LogP contribution in [0, 0.1) is 12.3 Å². The van der Waals surface area contributed by atoms with Gasteiger partial charge in [-0.1, -0.05) is 0 Å². The second kappa shape index (κ2) is 3.74. The Balaban J connectivity index is 1.76. The largest absolute Gasteiger partial charge is 0.441 e. The Morgan fingerprint density at radius 2 is 2.29 bits per heavy atom. The molecule has 1 heterocycles. The van der Waals surface area contributed by atoms with E-state index in [4.69, 9.17) is 4.42 Å². The second-order valence-corrected chi connectivity index (χ2v) is 4.93. The molecule has 1 aliphatic rings. The zero-order valence-corrected chi connectivity index (χ0v) is 9.86. The number of hydrogen-bond acceptors (Lipinski definition) is 4. The molecule has 0 aliphatic heterocycles. The Hall–Kier alpha value is -1.55. The molecule has 0 bridgehead atoms. The van der Waals surface area contributed by atoms with E-state index in [1.165, 1.54) is 0 Å². The van der Waals surface area contributed by atoms with Crippen molar-refractivity contribution in [2.75, 3.05) is 18.5 Å². The Labute approximate surface area is 99.7 Å². The van der Waals surface area contributed by atoms with Gasteiger partial charge in [-0.25, -0.2) is 4.98 Å².